The Labute approximate surface area is 125 Å². The number of rotatable bonds is 2. The summed E-state index contributed by atoms with van der Waals surface area (Å²) in [5.74, 6) is 0.157. The van der Waals surface area contributed by atoms with Crippen molar-refractivity contribution in [1.29, 1.82) is 0 Å². The molecule has 3 heteroatoms. The second-order valence-corrected chi connectivity index (χ2v) is 5.58. The smallest absolute Gasteiger partial charge is 0.231 e. The number of carbonyl (C=O) groups is 1. The lowest BCUT2D eigenvalue weighted by atomic mass is 10.1. The van der Waals surface area contributed by atoms with Crippen molar-refractivity contribution in [3.63, 3.8) is 0 Å². The monoisotopic (exact) mass is 280 g/mol. The van der Waals surface area contributed by atoms with Crippen LogP contribution in [0, 0.1) is 0 Å². The van der Waals surface area contributed by atoms with Gasteiger partial charge in [0.2, 0.25) is 5.91 Å². The van der Waals surface area contributed by atoms with E-state index in [1.165, 1.54) is 5.56 Å². The zero-order chi connectivity index (χ0) is 14.7. The summed E-state index contributed by atoms with van der Waals surface area (Å²) in [5, 5.41) is 3.46. The maximum absolute atomic E-state index is 12.7. The first kappa shape index (κ1) is 13.8. The Morgan fingerprint density at radius 2 is 1.86 bits per heavy atom. The normalized spacial score (nSPS) is 18.0. The number of anilines is 1. The van der Waals surface area contributed by atoms with Gasteiger partial charge in [-0.15, -0.1) is 0 Å². The number of amides is 1. The molecule has 0 saturated heterocycles. The standard InChI is InChI=1S/C18H20N2O/c1-14-13-20(17-10-6-5-9-16(17)12-19-14)18(21)11-15-7-3-2-4-8-15/h2-10,14,19H,11-13H2,1H3. The number of nitrogens with zero attached hydrogens (tertiary/aromatic N) is 1. The molecule has 2 aromatic carbocycles. The van der Waals surface area contributed by atoms with Crippen LogP contribution in [0.1, 0.15) is 18.1 Å². The van der Waals surface area contributed by atoms with Gasteiger partial charge in [0.15, 0.2) is 0 Å². The Kier molecular flexibility index (Phi) is 4.02. The fraction of sp³-hybridized carbons (Fsp3) is 0.278. The molecule has 0 aliphatic carbocycles. The maximum atomic E-state index is 12.7. The Hall–Kier alpha value is -2.13. The number of hydrogen-bond donors (Lipinski definition) is 1. The van der Waals surface area contributed by atoms with Gasteiger partial charge >= 0.3 is 0 Å². The van der Waals surface area contributed by atoms with E-state index in [9.17, 15) is 4.79 Å². The molecular formula is C18H20N2O. The SMILES string of the molecule is CC1CN(C(=O)Cc2ccccc2)c2ccccc2CN1. The minimum atomic E-state index is 0.157. The van der Waals surface area contributed by atoms with Crippen molar-refractivity contribution in [1.82, 2.24) is 5.32 Å². The third-order valence-electron chi connectivity index (χ3n) is 3.88. The second kappa shape index (κ2) is 6.10. The van der Waals surface area contributed by atoms with Crippen molar-refractivity contribution in [2.24, 2.45) is 0 Å². The number of nitrogens with one attached hydrogen (secondary N) is 1. The zero-order valence-corrected chi connectivity index (χ0v) is 12.3. The van der Waals surface area contributed by atoms with Crippen molar-refractivity contribution in [2.75, 3.05) is 11.4 Å². The van der Waals surface area contributed by atoms with Crippen LogP contribution in [-0.2, 0) is 17.8 Å². The van der Waals surface area contributed by atoms with Crippen LogP contribution >= 0.6 is 0 Å². The first-order valence-electron chi connectivity index (χ1n) is 7.39. The fourth-order valence-corrected chi connectivity index (χ4v) is 2.75. The number of hydrogen-bond acceptors (Lipinski definition) is 2. The van der Waals surface area contributed by atoms with Crippen LogP contribution in [0.25, 0.3) is 0 Å². The van der Waals surface area contributed by atoms with Gasteiger partial charge in [-0.05, 0) is 24.1 Å². The van der Waals surface area contributed by atoms with Crippen molar-refractivity contribution in [3.05, 3.63) is 65.7 Å². The molecular weight excluding hydrogens is 260 g/mol. The van der Waals surface area contributed by atoms with Gasteiger partial charge in [0.05, 0.1) is 6.42 Å². The van der Waals surface area contributed by atoms with Crippen LogP contribution in [0.4, 0.5) is 5.69 Å². The molecule has 1 aliphatic heterocycles. The van der Waals surface area contributed by atoms with E-state index in [2.05, 4.69) is 18.3 Å². The van der Waals surface area contributed by atoms with Crippen molar-refractivity contribution in [3.8, 4) is 0 Å². The zero-order valence-electron chi connectivity index (χ0n) is 12.3. The van der Waals surface area contributed by atoms with E-state index in [0.29, 0.717) is 13.0 Å². The first-order chi connectivity index (χ1) is 10.2. The molecule has 1 atom stereocenters. The predicted octanol–water partition coefficient (Wildman–Crippen LogP) is 2.75. The number of carbonyl (C=O) groups excluding carboxylic acids is 1. The molecule has 0 bridgehead atoms. The van der Waals surface area contributed by atoms with Crippen molar-refractivity contribution >= 4 is 11.6 Å². The van der Waals surface area contributed by atoms with E-state index in [-0.39, 0.29) is 11.9 Å². The number of benzene rings is 2. The van der Waals surface area contributed by atoms with E-state index in [0.717, 1.165) is 17.8 Å². The molecule has 1 aliphatic rings. The molecule has 1 heterocycles. The lowest BCUT2D eigenvalue weighted by Crippen LogP contribution is -2.40. The first-order valence-corrected chi connectivity index (χ1v) is 7.39. The Morgan fingerprint density at radius 1 is 1.14 bits per heavy atom. The highest BCUT2D eigenvalue weighted by atomic mass is 16.2. The van der Waals surface area contributed by atoms with Gasteiger partial charge in [0.1, 0.15) is 0 Å². The van der Waals surface area contributed by atoms with Gasteiger partial charge in [-0.1, -0.05) is 48.5 Å². The summed E-state index contributed by atoms with van der Waals surface area (Å²) in [7, 11) is 0. The molecule has 3 rings (SSSR count). The van der Waals surface area contributed by atoms with Gasteiger partial charge in [0, 0.05) is 24.8 Å². The third kappa shape index (κ3) is 3.14. The van der Waals surface area contributed by atoms with Crippen molar-refractivity contribution < 1.29 is 4.79 Å². The Balaban J connectivity index is 1.87. The summed E-state index contributed by atoms with van der Waals surface area (Å²) in [6.07, 6.45) is 0.446. The predicted molar refractivity (Wildman–Crippen MR) is 85.2 cm³/mol. The molecule has 1 N–H and O–H groups in total. The highest BCUT2D eigenvalue weighted by Crippen LogP contribution is 2.24. The quantitative estimate of drug-likeness (QED) is 0.917. The molecule has 3 nitrogen and oxygen atoms in total. The summed E-state index contributed by atoms with van der Waals surface area (Å²) in [6, 6.07) is 18.4. The summed E-state index contributed by atoms with van der Waals surface area (Å²) in [4.78, 5) is 14.7. The van der Waals surface area contributed by atoms with E-state index in [1.807, 2.05) is 53.4 Å². The van der Waals surface area contributed by atoms with E-state index in [4.69, 9.17) is 0 Å². The summed E-state index contributed by atoms with van der Waals surface area (Å²) >= 11 is 0. The molecule has 0 aromatic heterocycles. The lowest BCUT2D eigenvalue weighted by Gasteiger charge is -2.24. The highest BCUT2D eigenvalue weighted by Gasteiger charge is 2.23. The van der Waals surface area contributed by atoms with Gasteiger partial charge < -0.3 is 10.2 Å². The summed E-state index contributed by atoms with van der Waals surface area (Å²) in [6.45, 7) is 3.64. The van der Waals surface area contributed by atoms with Crippen molar-refractivity contribution in [2.45, 2.75) is 25.9 Å². The lowest BCUT2D eigenvalue weighted by molar-refractivity contribution is -0.118. The van der Waals surface area contributed by atoms with Crippen LogP contribution < -0.4 is 10.2 Å². The van der Waals surface area contributed by atoms with Crippen LogP contribution in [0.2, 0.25) is 0 Å². The van der Waals surface area contributed by atoms with Gasteiger partial charge in [-0.3, -0.25) is 4.79 Å². The van der Waals surface area contributed by atoms with Crippen LogP contribution in [0.15, 0.2) is 54.6 Å². The van der Waals surface area contributed by atoms with Gasteiger partial charge in [-0.2, -0.15) is 0 Å². The second-order valence-electron chi connectivity index (χ2n) is 5.58. The number of para-hydroxylation sites is 1. The molecule has 1 unspecified atom stereocenters. The summed E-state index contributed by atoms with van der Waals surface area (Å²) in [5.41, 5.74) is 3.28. The molecule has 1 amide bonds. The number of fused-ring (bicyclic) bond motifs is 1. The third-order valence-corrected chi connectivity index (χ3v) is 3.88. The Morgan fingerprint density at radius 3 is 2.67 bits per heavy atom. The molecule has 0 saturated carbocycles. The Bertz CT molecular complexity index is 624. The molecule has 21 heavy (non-hydrogen) atoms. The fourth-order valence-electron chi connectivity index (χ4n) is 2.75. The van der Waals surface area contributed by atoms with E-state index in [1.54, 1.807) is 0 Å². The average Bonchev–Trinajstić information content (AvgIpc) is 2.68. The molecule has 108 valence electrons. The minimum Gasteiger partial charge on any atom is -0.310 e. The minimum absolute atomic E-state index is 0.157. The van der Waals surface area contributed by atoms with E-state index < -0.39 is 0 Å². The largest absolute Gasteiger partial charge is 0.310 e. The maximum Gasteiger partial charge on any atom is 0.231 e. The van der Waals surface area contributed by atoms with Crippen LogP contribution in [0.3, 0.4) is 0 Å². The molecule has 0 spiro atoms. The topological polar surface area (TPSA) is 32.3 Å². The average molecular weight is 280 g/mol. The summed E-state index contributed by atoms with van der Waals surface area (Å²) < 4.78 is 0. The molecule has 2 aromatic rings. The van der Waals surface area contributed by atoms with Crippen LogP contribution in [0.5, 0.6) is 0 Å². The highest BCUT2D eigenvalue weighted by molar-refractivity contribution is 5.95. The molecule has 0 radical (unpaired) electrons. The van der Waals surface area contributed by atoms with Gasteiger partial charge in [-0.25, -0.2) is 0 Å². The molecule has 0 fully saturated rings. The van der Waals surface area contributed by atoms with E-state index >= 15 is 0 Å². The van der Waals surface area contributed by atoms with Crippen LogP contribution in [-0.4, -0.2) is 18.5 Å². The van der Waals surface area contributed by atoms with Gasteiger partial charge in [0.25, 0.3) is 0 Å².